The molecule has 1 atom stereocenters. The van der Waals surface area contributed by atoms with Crippen molar-refractivity contribution in [2.75, 3.05) is 50.1 Å². The van der Waals surface area contributed by atoms with Crippen molar-refractivity contribution in [3.63, 3.8) is 0 Å². The van der Waals surface area contributed by atoms with Crippen molar-refractivity contribution >= 4 is 17.4 Å². The second kappa shape index (κ2) is 8.21. The van der Waals surface area contributed by atoms with Crippen molar-refractivity contribution in [1.82, 2.24) is 9.88 Å². The second-order valence-electron chi connectivity index (χ2n) is 7.04. The minimum absolute atomic E-state index is 0.0171. The first-order chi connectivity index (χ1) is 12.6. The lowest BCUT2D eigenvalue weighted by molar-refractivity contribution is 0.0802. The van der Waals surface area contributed by atoms with Crippen molar-refractivity contribution in [2.45, 2.75) is 13.3 Å². The monoisotopic (exact) mass is 352 g/mol. The molecule has 2 aromatic rings. The van der Waals surface area contributed by atoms with Crippen LogP contribution in [0.1, 0.15) is 23.7 Å². The summed E-state index contributed by atoms with van der Waals surface area (Å²) in [6.07, 6.45) is 2.88. The lowest BCUT2D eigenvalue weighted by Crippen LogP contribution is -2.29. The van der Waals surface area contributed by atoms with E-state index >= 15 is 0 Å². The van der Waals surface area contributed by atoms with Crippen LogP contribution in [0.3, 0.4) is 0 Å². The topological polar surface area (TPSA) is 39.7 Å². The zero-order chi connectivity index (χ0) is 18.5. The number of hydrogen-bond acceptors (Lipinski definition) is 4. The molecule has 1 saturated heterocycles. The summed E-state index contributed by atoms with van der Waals surface area (Å²) in [4.78, 5) is 23.0. The van der Waals surface area contributed by atoms with E-state index in [1.54, 1.807) is 18.1 Å². The summed E-state index contributed by atoms with van der Waals surface area (Å²) in [6.45, 7) is 5.81. The maximum Gasteiger partial charge on any atom is 0.255 e. The summed E-state index contributed by atoms with van der Waals surface area (Å²) in [6, 6.07) is 14.4. The molecule has 5 heteroatoms. The number of aromatic nitrogens is 1. The molecule has 1 unspecified atom stereocenters. The Labute approximate surface area is 156 Å². The predicted octanol–water partition coefficient (Wildman–Crippen LogP) is 3.14. The van der Waals surface area contributed by atoms with Crippen LogP contribution in [-0.2, 0) is 0 Å². The van der Waals surface area contributed by atoms with E-state index in [0.717, 1.165) is 25.5 Å². The van der Waals surface area contributed by atoms with Crippen molar-refractivity contribution in [3.8, 4) is 0 Å². The largest absolute Gasteiger partial charge is 0.371 e. The van der Waals surface area contributed by atoms with Crippen LogP contribution in [-0.4, -0.2) is 56.1 Å². The van der Waals surface area contributed by atoms with Crippen LogP contribution in [0, 0.1) is 5.92 Å². The van der Waals surface area contributed by atoms with Gasteiger partial charge in [-0.1, -0.05) is 18.2 Å². The first-order valence-electron chi connectivity index (χ1n) is 9.31. The van der Waals surface area contributed by atoms with Gasteiger partial charge in [-0.2, -0.15) is 0 Å². The number of carbonyl (C=O) groups is 1. The van der Waals surface area contributed by atoms with Gasteiger partial charge in [0.05, 0.1) is 5.56 Å². The Morgan fingerprint density at radius 1 is 1.19 bits per heavy atom. The number of nitrogens with zero attached hydrogens (tertiary/aromatic N) is 4. The summed E-state index contributed by atoms with van der Waals surface area (Å²) in [5, 5.41) is 0. The average molecular weight is 352 g/mol. The zero-order valence-corrected chi connectivity index (χ0v) is 15.9. The van der Waals surface area contributed by atoms with Gasteiger partial charge in [0, 0.05) is 52.2 Å². The third-order valence-corrected chi connectivity index (χ3v) is 5.15. The van der Waals surface area contributed by atoms with E-state index in [0.29, 0.717) is 18.0 Å². The maximum absolute atomic E-state index is 12.2. The van der Waals surface area contributed by atoms with Crippen molar-refractivity contribution in [2.24, 2.45) is 5.92 Å². The molecule has 138 valence electrons. The number of anilines is 2. The summed E-state index contributed by atoms with van der Waals surface area (Å²) in [7, 11) is 3.88. The SMILES string of the molecule is CCN(C)C(=O)c1ccc(N(C)CC2CCN(c3ccccc3)C2)nc1. The summed E-state index contributed by atoms with van der Waals surface area (Å²) in [5.41, 5.74) is 1.95. The quantitative estimate of drug-likeness (QED) is 0.801. The smallest absolute Gasteiger partial charge is 0.255 e. The van der Waals surface area contributed by atoms with Gasteiger partial charge in [-0.25, -0.2) is 4.98 Å². The minimum Gasteiger partial charge on any atom is -0.371 e. The molecule has 1 amide bonds. The van der Waals surface area contributed by atoms with Gasteiger partial charge >= 0.3 is 0 Å². The molecular formula is C21H28N4O. The fourth-order valence-corrected chi connectivity index (χ4v) is 3.44. The molecule has 1 aliphatic rings. The number of benzene rings is 1. The fourth-order valence-electron chi connectivity index (χ4n) is 3.44. The molecule has 1 aliphatic heterocycles. The van der Waals surface area contributed by atoms with E-state index in [1.165, 1.54) is 12.1 Å². The van der Waals surface area contributed by atoms with Gasteiger partial charge in [-0.15, -0.1) is 0 Å². The van der Waals surface area contributed by atoms with Crippen LogP contribution < -0.4 is 9.80 Å². The Kier molecular flexibility index (Phi) is 5.76. The Bertz CT molecular complexity index is 717. The summed E-state index contributed by atoms with van der Waals surface area (Å²) >= 11 is 0. The lowest BCUT2D eigenvalue weighted by Gasteiger charge is -2.23. The summed E-state index contributed by atoms with van der Waals surface area (Å²) < 4.78 is 0. The molecule has 26 heavy (non-hydrogen) atoms. The Morgan fingerprint density at radius 3 is 2.62 bits per heavy atom. The maximum atomic E-state index is 12.2. The van der Waals surface area contributed by atoms with Gasteiger partial charge in [0.25, 0.3) is 5.91 Å². The molecule has 0 radical (unpaired) electrons. The summed E-state index contributed by atoms with van der Waals surface area (Å²) in [5.74, 6) is 1.55. The van der Waals surface area contributed by atoms with E-state index in [2.05, 4.69) is 52.2 Å². The molecule has 1 aromatic heterocycles. The van der Waals surface area contributed by atoms with E-state index in [4.69, 9.17) is 0 Å². The zero-order valence-electron chi connectivity index (χ0n) is 15.9. The third-order valence-electron chi connectivity index (χ3n) is 5.15. The van der Waals surface area contributed by atoms with Crippen LogP contribution in [0.15, 0.2) is 48.7 Å². The van der Waals surface area contributed by atoms with Gasteiger partial charge in [0.15, 0.2) is 0 Å². The Balaban J connectivity index is 1.57. The van der Waals surface area contributed by atoms with Crippen LogP contribution in [0.2, 0.25) is 0 Å². The van der Waals surface area contributed by atoms with Crippen molar-refractivity contribution in [3.05, 3.63) is 54.2 Å². The molecule has 1 aromatic carbocycles. The molecule has 5 nitrogen and oxygen atoms in total. The molecule has 1 fully saturated rings. The van der Waals surface area contributed by atoms with Crippen molar-refractivity contribution < 1.29 is 4.79 Å². The minimum atomic E-state index is 0.0171. The molecule has 0 bridgehead atoms. The van der Waals surface area contributed by atoms with Crippen LogP contribution in [0.4, 0.5) is 11.5 Å². The molecule has 0 N–H and O–H groups in total. The first-order valence-corrected chi connectivity index (χ1v) is 9.31. The highest BCUT2D eigenvalue weighted by molar-refractivity contribution is 5.93. The van der Waals surface area contributed by atoms with E-state index in [9.17, 15) is 4.79 Å². The van der Waals surface area contributed by atoms with Gasteiger partial charge in [-0.3, -0.25) is 4.79 Å². The average Bonchev–Trinajstić information content (AvgIpc) is 3.16. The molecular weight excluding hydrogens is 324 g/mol. The second-order valence-corrected chi connectivity index (χ2v) is 7.04. The molecule has 0 saturated carbocycles. The number of hydrogen-bond donors (Lipinski definition) is 0. The third kappa shape index (κ3) is 4.15. The molecule has 0 aliphatic carbocycles. The van der Waals surface area contributed by atoms with Gasteiger partial charge in [0.1, 0.15) is 5.82 Å². The van der Waals surface area contributed by atoms with E-state index in [-0.39, 0.29) is 5.91 Å². The van der Waals surface area contributed by atoms with Gasteiger partial charge < -0.3 is 14.7 Å². The lowest BCUT2D eigenvalue weighted by atomic mass is 10.1. The molecule has 2 heterocycles. The fraction of sp³-hybridized carbons (Fsp3) is 0.429. The standard InChI is InChI=1S/C21H28N4O/c1-4-23(2)21(26)18-10-11-20(22-14-18)24(3)15-17-12-13-25(16-17)19-8-6-5-7-9-19/h5-11,14,17H,4,12-13,15-16H2,1-3H3. The van der Waals surface area contributed by atoms with Crippen LogP contribution in [0.5, 0.6) is 0 Å². The normalized spacial score (nSPS) is 16.6. The molecule has 0 spiro atoms. The highest BCUT2D eigenvalue weighted by Crippen LogP contribution is 2.25. The Morgan fingerprint density at radius 2 is 1.96 bits per heavy atom. The number of rotatable bonds is 6. The number of para-hydroxylation sites is 1. The van der Waals surface area contributed by atoms with E-state index < -0.39 is 0 Å². The number of pyridine rings is 1. The van der Waals surface area contributed by atoms with E-state index in [1.807, 2.05) is 19.1 Å². The number of amides is 1. The predicted molar refractivity (Wildman–Crippen MR) is 107 cm³/mol. The highest BCUT2D eigenvalue weighted by atomic mass is 16.2. The van der Waals surface area contributed by atoms with Gasteiger partial charge in [0.2, 0.25) is 0 Å². The molecule has 3 rings (SSSR count). The van der Waals surface area contributed by atoms with Crippen molar-refractivity contribution in [1.29, 1.82) is 0 Å². The Hall–Kier alpha value is -2.56. The highest BCUT2D eigenvalue weighted by Gasteiger charge is 2.24. The van der Waals surface area contributed by atoms with Crippen LogP contribution in [0.25, 0.3) is 0 Å². The number of carbonyl (C=O) groups excluding carboxylic acids is 1. The first kappa shape index (κ1) is 18.2. The van der Waals surface area contributed by atoms with Gasteiger partial charge in [-0.05, 0) is 43.5 Å². The van der Waals surface area contributed by atoms with Crippen LogP contribution >= 0.6 is 0 Å².